The molecule has 1 fully saturated rings. The number of halogens is 2. The van der Waals surface area contributed by atoms with Gasteiger partial charge >= 0.3 is 0 Å². The summed E-state index contributed by atoms with van der Waals surface area (Å²) in [5, 5.41) is 6.20. The molecule has 0 saturated heterocycles. The highest BCUT2D eigenvalue weighted by Crippen LogP contribution is 2.38. The second kappa shape index (κ2) is 9.77. The van der Waals surface area contributed by atoms with Gasteiger partial charge in [-0.3, -0.25) is 9.59 Å². The summed E-state index contributed by atoms with van der Waals surface area (Å²) in [5.41, 5.74) is 2.18. The number of rotatable bonds is 7. The molecule has 0 aliphatic heterocycles. The van der Waals surface area contributed by atoms with Gasteiger partial charge in [0.2, 0.25) is 11.8 Å². The highest BCUT2D eigenvalue weighted by atomic mass is 35.5. The molecule has 4 nitrogen and oxygen atoms in total. The first-order chi connectivity index (χ1) is 15.0. The van der Waals surface area contributed by atoms with Gasteiger partial charge in [0.1, 0.15) is 5.25 Å². The van der Waals surface area contributed by atoms with E-state index in [1.807, 2.05) is 54.6 Å². The number of amides is 2. The molecule has 2 N–H and O–H groups in total. The van der Waals surface area contributed by atoms with E-state index in [0.717, 1.165) is 29.0 Å². The van der Waals surface area contributed by atoms with Crippen molar-refractivity contribution in [3.63, 3.8) is 0 Å². The Morgan fingerprint density at radius 1 is 0.839 bits per heavy atom. The Morgan fingerprint density at radius 3 is 2.29 bits per heavy atom. The van der Waals surface area contributed by atoms with Crippen LogP contribution in [-0.4, -0.2) is 11.8 Å². The van der Waals surface area contributed by atoms with Crippen LogP contribution in [0, 0.1) is 5.92 Å². The molecule has 1 aliphatic carbocycles. The Bertz CT molecular complexity index is 1100. The summed E-state index contributed by atoms with van der Waals surface area (Å²) < 4.78 is 0. The highest BCUT2D eigenvalue weighted by Gasteiger charge is 2.29. The van der Waals surface area contributed by atoms with Crippen molar-refractivity contribution in [1.82, 2.24) is 0 Å². The Balaban J connectivity index is 1.54. The van der Waals surface area contributed by atoms with Crippen molar-refractivity contribution < 1.29 is 9.59 Å². The second-order valence-corrected chi connectivity index (χ2v) is 9.31. The fourth-order valence-corrected chi connectivity index (χ4v) is 4.44. The van der Waals surface area contributed by atoms with Crippen LogP contribution in [0.15, 0.2) is 77.7 Å². The zero-order valence-corrected chi connectivity index (χ0v) is 18.8. The Kier molecular flexibility index (Phi) is 6.86. The number of carbonyl (C=O) groups excluding carboxylic acids is 2. The van der Waals surface area contributed by atoms with E-state index in [9.17, 15) is 9.59 Å². The minimum atomic E-state index is -0.495. The molecule has 1 atom stereocenters. The second-order valence-electron chi connectivity index (χ2n) is 7.32. The minimum absolute atomic E-state index is 0.0547. The maximum absolute atomic E-state index is 13.2. The third-order valence-corrected chi connectivity index (χ3v) is 6.82. The lowest BCUT2D eigenvalue weighted by Crippen LogP contribution is -2.19. The number of anilines is 2. The molecule has 0 heterocycles. The summed E-state index contributed by atoms with van der Waals surface area (Å²) in [6.45, 7) is 0. The van der Waals surface area contributed by atoms with Gasteiger partial charge in [-0.15, -0.1) is 11.8 Å². The first-order valence-electron chi connectivity index (χ1n) is 9.88. The number of hydrogen-bond donors (Lipinski definition) is 2. The first kappa shape index (κ1) is 21.8. The van der Waals surface area contributed by atoms with Crippen LogP contribution in [0.5, 0.6) is 0 Å². The van der Waals surface area contributed by atoms with Crippen LogP contribution in [0.2, 0.25) is 10.0 Å². The maximum Gasteiger partial charge on any atom is 0.242 e. The van der Waals surface area contributed by atoms with Crippen molar-refractivity contribution in [2.75, 3.05) is 10.6 Å². The van der Waals surface area contributed by atoms with Crippen LogP contribution in [0.25, 0.3) is 0 Å². The molecule has 0 radical (unpaired) electrons. The van der Waals surface area contributed by atoms with E-state index in [1.165, 1.54) is 11.8 Å². The molecular formula is C24H20Cl2N2O2S. The van der Waals surface area contributed by atoms with Crippen LogP contribution in [-0.2, 0) is 9.59 Å². The number of thioether (sulfide) groups is 1. The number of carbonyl (C=O) groups is 2. The fraction of sp³-hybridized carbons (Fsp3) is 0.167. The number of benzene rings is 3. The molecule has 1 aliphatic rings. The van der Waals surface area contributed by atoms with E-state index in [0.29, 0.717) is 15.7 Å². The average molecular weight is 471 g/mol. The lowest BCUT2D eigenvalue weighted by atomic mass is 10.1. The van der Waals surface area contributed by atoms with Gasteiger partial charge in [0, 0.05) is 22.2 Å². The Morgan fingerprint density at radius 2 is 1.58 bits per heavy atom. The largest absolute Gasteiger partial charge is 0.326 e. The van der Waals surface area contributed by atoms with E-state index in [-0.39, 0.29) is 17.7 Å². The lowest BCUT2D eigenvalue weighted by molar-refractivity contribution is -0.117. The van der Waals surface area contributed by atoms with Crippen molar-refractivity contribution in [3.8, 4) is 0 Å². The molecule has 4 rings (SSSR count). The van der Waals surface area contributed by atoms with E-state index in [2.05, 4.69) is 10.6 Å². The Labute approximate surface area is 195 Å². The normalized spacial score (nSPS) is 14.0. The monoisotopic (exact) mass is 470 g/mol. The molecule has 0 spiro atoms. The summed E-state index contributed by atoms with van der Waals surface area (Å²) >= 11 is 13.5. The van der Waals surface area contributed by atoms with Gasteiger partial charge in [-0.2, -0.15) is 0 Å². The van der Waals surface area contributed by atoms with Crippen LogP contribution >= 0.6 is 35.0 Å². The van der Waals surface area contributed by atoms with Crippen molar-refractivity contribution in [3.05, 3.63) is 88.4 Å². The molecule has 3 aromatic rings. The number of nitrogens with one attached hydrogen (secondary N) is 2. The van der Waals surface area contributed by atoms with Gasteiger partial charge < -0.3 is 10.6 Å². The van der Waals surface area contributed by atoms with Crippen molar-refractivity contribution >= 4 is 58.2 Å². The average Bonchev–Trinajstić information content (AvgIpc) is 3.61. The van der Waals surface area contributed by atoms with E-state index in [1.54, 1.807) is 18.2 Å². The predicted molar refractivity (Wildman–Crippen MR) is 128 cm³/mol. The maximum atomic E-state index is 13.2. The highest BCUT2D eigenvalue weighted by molar-refractivity contribution is 8.00. The van der Waals surface area contributed by atoms with E-state index in [4.69, 9.17) is 23.2 Å². The molecule has 158 valence electrons. The molecule has 1 unspecified atom stereocenters. The van der Waals surface area contributed by atoms with Gasteiger partial charge in [-0.1, -0.05) is 59.6 Å². The molecule has 0 bridgehead atoms. The van der Waals surface area contributed by atoms with Crippen LogP contribution in [0.3, 0.4) is 0 Å². The zero-order chi connectivity index (χ0) is 21.8. The topological polar surface area (TPSA) is 58.2 Å². The third-order valence-electron chi connectivity index (χ3n) is 4.83. The zero-order valence-electron chi connectivity index (χ0n) is 16.5. The van der Waals surface area contributed by atoms with Gasteiger partial charge in [0.05, 0.1) is 10.0 Å². The quantitative estimate of drug-likeness (QED) is 0.372. The van der Waals surface area contributed by atoms with Crippen LogP contribution in [0.4, 0.5) is 11.4 Å². The third kappa shape index (κ3) is 5.82. The molecular weight excluding hydrogens is 451 g/mol. The lowest BCUT2D eigenvalue weighted by Gasteiger charge is -2.18. The van der Waals surface area contributed by atoms with Crippen molar-refractivity contribution in [1.29, 1.82) is 0 Å². The summed E-state index contributed by atoms with van der Waals surface area (Å²) in [6.07, 6.45) is 1.90. The van der Waals surface area contributed by atoms with Gasteiger partial charge in [-0.25, -0.2) is 0 Å². The molecule has 3 aromatic carbocycles. The molecule has 0 aromatic heterocycles. The predicted octanol–water partition coefficient (Wildman–Crippen LogP) is 6.81. The molecule has 7 heteroatoms. The minimum Gasteiger partial charge on any atom is -0.326 e. The van der Waals surface area contributed by atoms with Gasteiger partial charge in [0.25, 0.3) is 0 Å². The van der Waals surface area contributed by atoms with E-state index >= 15 is 0 Å². The van der Waals surface area contributed by atoms with E-state index < -0.39 is 5.25 Å². The standard InChI is InChI=1S/C24H20Cl2N2O2S/c25-20-12-11-18(14-21(20)26)28-24(30)22(15-5-2-1-3-6-15)31-19-8-4-7-17(13-19)27-23(29)16-9-10-16/h1-8,11-14,16,22H,9-10H2,(H,27,29)(H,28,30). The summed E-state index contributed by atoms with van der Waals surface area (Å²) in [7, 11) is 0. The smallest absolute Gasteiger partial charge is 0.242 e. The SMILES string of the molecule is O=C(Nc1cccc(SC(C(=O)Nc2ccc(Cl)c(Cl)c2)c2ccccc2)c1)C1CC1. The summed E-state index contributed by atoms with van der Waals surface area (Å²) in [5.74, 6) is 0.00600. The first-order valence-corrected chi connectivity index (χ1v) is 11.5. The summed E-state index contributed by atoms with van der Waals surface area (Å²) in [6, 6.07) is 22.1. The number of hydrogen-bond acceptors (Lipinski definition) is 3. The van der Waals surface area contributed by atoms with Crippen LogP contribution in [0.1, 0.15) is 23.7 Å². The van der Waals surface area contributed by atoms with Gasteiger partial charge in [-0.05, 0) is 54.8 Å². The van der Waals surface area contributed by atoms with Crippen molar-refractivity contribution in [2.24, 2.45) is 5.92 Å². The van der Waals surface area contributed by atoms with Crippen LogP contribution < -0.4 is 10.6 Å². The molecule has 1 saturated carbocycles. The summed E-state index contributed by atoms with van der Waals surface area (Å²) in [4.78, 5) is 26.2. The molecule has 2 amide bonds. The van der Waals surface area contributed by atoms with Crippen molar-refractivity contribution in [2.45, 2.75) is 23.0 Å². The van der Waals surface area contributed by atoms with Gasteiger partial charge in [0.15, 0.2) is 0 Å². The molecule has 31 heavy (non-hydrogen) atoms. The fourth-order valence-electron chi connectivity index (χ4n) is 3.06. The Hall–Kier alpha value is -2.47.